The van der Waals surface area contributed by atoms with Crippen molar-refractivity contribution in [2.75, 3.05) is 14.2 Å². The number of carbonyl (C=O) groups is 2. The Labute approximate surface area is 155 Å². The summed E-state index contributed by atoms with van der Waals surface area (Å²) in [4.78, 5) is 25.6. The average Bonchev–Trinajstić information content (AvgIpc) is 3.15. The fraction of sp³-hybridized carbons (Fsp3) is 0.200. The maximum Gasteiger partial charge on any atom is 0.289 e. The molecule has 26 heavy (non-hydrogen) atoms. The number of carbonyl (C=O) groups excluding carboxylic acids is 2. The van der Waals surface area contributed by atoms with Crippen molar-refractivity contribution in [3.05, 3.63) is 65.9 Å². The van der Waals surface area contributed by atoms with Crippen molar-refractivity contribution in [1.29, 1.82) is 0 Å². The number of methoxy groups -OCH3 is 1. The Bertz CT molecular complexity index is 1010. The number of aromatic nitrogens is 1. The summed E-state index contributed by atoms with van der Waals surface area (Å²) in [6.45, 7) is 0.625. The quantitative estimate of drug-likeness (QED) is 0.699. The van der Waals surface area contributed by atoms with Crippen molar-refractivity contribution in [3.63, 3.8) is 0 Å². The predicted molar refractivity (Wildman–Crippen MR) is 103 cm³/mol. The number of hydrogen-bond donors (Lipinski definition) is 0. The molecule has 6 heteroatoms. The summed E-state index contributed by atoms with van der Waals surface area (Å²) in [5.41, 5.74) is 2.97. The molecule has 0 N–H and O–H groups in total. The van der Waals surface area contributed by atoms with Crippen LogP contribution in [0.15, 0.2) is 54.7 Å². The van der Waals surface area contributed by atoms with Crippen LogP contribution in [0.4, 0.5) is 4.79 Å². The summed E-state index contributed by atoms with van der Waals surface area (Å²) >= 11 is 1.08. The summed E-state index contributed by atoms with van der Waals surface area (Å²) in [6.07, 6.45) is 1.99. The van der Waals surface area contributed by atoms with Crippen molar-refractivity contribution in [3.8, 4) is 5.75 Å². The molecule has 0 bridgehead atoms. The zero-order valence-electron chi connectivity index (χ0n) is 14.5. The molecule has 132 valence electrons. The first-order valence-electron chi connectivity index (χ1n) is 8.28. The highest BCUT2D eigenvalue weighted by molar-refractivity contribution is 8.15. The molecule has 1 fully saturated rings. The zero-order chi connectivity index (χ0) is 18.3. The highest BCUT2D eigenvalue weighted by Crippen LogP contribution is 2.42. The minimum atomic E-state index is -0.490. The molecular weight excluding hydrogens is 348 g/mol. The van der Waals surface area contributed by atoms with Crippen molar-refractivity contribution in [2.24, 2.45) is 0 Å². The Morgan fingerprint density at radius 1 is 1.08 bits per heavy atom. The molecule has 0 spiro atoms. The highest BCUT2D eigenvalue weighted by Gasteiger charge is 2.39. The minimum Gasteiger partial charge on any atom is -0.496 e. The van der Waals surface area contributed by atoms with Crippen LogP contribution in [0.3, 0.4) is 0 Å². The first-order chi connectivity index (χ1) is 12.6. The van der Waals surface area contributed by atoms with Gasteiger partial charge in [0.15, 0.2) is 0 Å². The molecule has 4 rings (SSSR count). The second-order valence-corrected chi connectivity index (χ2v) is 7.26. The van der Waals surface area contributed by atoms with E-state index in [0.717, 1.165) is 39.5 Å². The van der Waals surface area contributed by atoms with Gasteiger partial charge in [-0.1, -0.05) is 36.4 Å². The van der Waals surface area contributed by atoms with E-state index >= 15 is 0 Å². The topological polar surface area (TPSA) is 51.5 Å². The first-order valence-corrected chi connectivity index (χ1v) is 9.16. The number of hydrogen-bond acceptors (Lipinski definition) is 4. The van der Waals surface area contributed by atoms with E-state index in [-0.39, 0.29) is 11.1 Å². The van der Waals surface area contributed by atoms with Gasteiger partial charge in [0.25, 0.3) is 5.24 Å². The van der Waals surface area contributed by atoms with Gasteiger partial charge in [-0.2, -0.15) is 0 Å². The first kappa shape index (κ1) is 16.7. The third kappa shape index (κ3) is 2.66. The number of imide groups is 1. The largest absolute Gasteiger partial charge is 0.496 e. The van der Waals surface area contributed by atoms with Gasteiger partial charge in [0.2, 0.25) is 5.91 Å². The molecule has 1 aromatic heterocycles. The Kier molecular flexibility index (Phi) is 4.20. The maximum atomic E-state index is 12.5. The smallest absolute Gasteiger partial charge is 0.289 e. The third-order valence-corrected chi connectivity index (χ3v) is 5.85. The van der Waals surface area contributed by atoms with Crippen LogP contribution >= 0.6 is 11.8 Å². The van der Waals surface area contributed by atoms with Gasteiger partial charge < -0.3 is 9.30 Å². The van der Waals surface area contributed by atoms with Crippen LogP contribution in [0, 0.1) is 0 Å². The SMILES string of the molecule is COc1ccccc1Cn1cc(C2SC(=O)N(C)C2=O)c2ccccc21. The Morgan fingerprint density at radius 3 is 2.54 bits per heavy atom. The van der Waals surface area contributed by atoms with Gasteiger partial charge in [0.05, 0.1) is 13.7 Å². The number of fused-ring (bicyclic) bond motifs is 1. The van der Waals surface area contributed by atoms with E-state index in [1.165, 1.54) is 11.9 Å². The number of ether oxygens (including phenoxy) is 1. The highest BCUT2D eigenvalue weighted by atomic mass is 32.2. The number of rotatable bonds is 4. The number of benzene rings is 2. The number of para-hydroxylation sites is 2. The van der Waals surface area contributed by atoms with E-state index in [2.05, 4.69) is 4.57 Å². The molecule has 0 saturated carbocycles. The molecule has 1 atom stereocenters. The lowest BCUT2D eigenvalue weighted by Gasteiger charge is -2.10. The van der Waals surface area contributed by atoms with Gasteiger partial charge in [0, 0.05) is 35.3 Å². The number of amides is 2. The Balaban J connectivity index is 1.80. The Morgan fingerprint density at radius 2 is 1.81 bits per heavy atom. The number of likely N-dealkylation sites (N-methyl/N-ethyl adjacent to an activating group) is 1. The van der Waals surface area contributed by atoms with Crippen molar-refractivity contribution in [2.45, 2.75) is 11.8 Å². The van der Waals surface area contributed by atoms with Crippen LogP contribution in [-0.4, -0.2) is 34.8 Å². The van der Waals surface area contributed by atoms with Crippen LogP contribution in [0.5, 0.6) is 5.75 Å². The number of nitrogens with zero attached hydrogens (tertiary/aromatic N) is 2. The standard InChI is InChI=1S/C20H18N2O3S/c1-21-19(23)18(26-20(21)24)15-12-22(16-9-5-4-8-14(15)16)11-13-7-3-6-10-17(13)25-2/h3-10,12,18H,11H2,1-2H3. The van der Waals surface area contributed by atoms with Gasteiger partial charge in [-0.15, -0.1) is 0 Å². The average molecular weight is 366 g/mol. The van der Waals surface area contributed by atoms with Crippen LogP contribution in [-0.2, 0) is 11.3 Å². The zero-order valence-corrected chi connectivity index (χ0v) is 15.3. The summed E-state index contributed by atoms with van der Waals surface area (Å²) in [5.74, 6) is 0.660. The van der Waals surface area contributed by atoms with E-state index in [0.29, 0.717) is 6.54 Å². The summed E-state index contributed by atoms with van der Waals surface area (Å²) < 4.78 is 7.57. The molecule has 2 heterocycles. The molecule has 3 aromatic rings. The van der Waals surface area contributed by atoms with Gasteiger partial charge >= 0.3 is 0 Å². The van der Waals surface area contributed by atoms with Crippen molar-refractivity contribution in [1.82, 2.24) is 9.47 Å². The van der Waals surface area contributed by atoms with Crippen LogP contribution < -0.4 is 4.74 Å². The number of thioether (sulfide) groups is 1. The molecule has 1 unspecified atom stereocenters. The normalized spacial score (nSPS) is 17.3. The van der Waals surface area contributed by atoms with Gasteiger partial charge in [0.1, 0.15) is 11.0 Å². The van der Waals surface area contributed by atoms with Gasteiger partial charge in [-0.05, 0) is 23.9 Å². The van der Waals surface area contributed by atoms with E-state index in [1.807, 2.05) is 54.7 Å². The molecule has 0 radical (unpaired) electrons. The molecule has 5 nitrogen and oxygen atoms in total. The summed E-state index contributed by atoms with van der Waals surface area (Å²) in [6, 6.07) is 15.8. The second kappa shape index (κ2) is 6.53. The summed E-state index contributed by atoms with van der Waals surface area (Å²) in [7, 11) is 3.19. The van der Waals surface area contributed by atoms with E-state index in [4.69, 9.17) is 4.74 Å². The van der Waals surface area contributed by atoms with Crippen molar-refractivity contribution >= 4 is 33.8 Å². The summed E-state index contributed by atoms with van der Waals surface area (Å²) in [5, 5.41) is 0.300. The van der Waals surface area contributed by atoms with E-state index in [9.17, 15) is 9.59 Å². The van der Waals surface area contributed by atoms with Crippen molar-refractivity contribution < 1.29 is 14.3 Å². The molecule has 0 aliphatic carbocycles. The Hall–Kier alpha value is -2.73. The van der Waals surface area contributed by atoms with Crippen LogP contribution in [0.1, 0.15) is 16.4 Å². The molecule has 2 amide bonds. The molecule has 1 aliphatic heterocycles. The van der Waals surface area contributed by atoms with Crippen LogP contribution in [0.25, 0.3) is 10.9 Å². The van der Waals surface area contributed by atoms with E-state index < -0.39 is 5.25 Å². The molecular formula is C20H18N2O3S. The second-order valence-electron chi connectivity index (χ2n) is 6.20. The molecule has 1 aliphatic rings. The maximum absolute atomic E-state index is 12.5. The van der Waals surface area contributed by atoms with Gasteiger partial charge in [-0.3, -0.25) is 14.5 Å². The van der Waals surface area contributed by atoms with E-state index in [1.54, 1.807) is 7.11 Å². The lowest BCUT2D eigenvalue weighted by molar-refractivity contribution is -0.125. The minimum absolute atomic E-state index is 0.166. The third-order valence-electron chi connectivity index (χ3n) is 4.68. The van der Waals surface area contributed by atoms with Crippen LogP contribution in [0.2, 0.25) is 0 Å². The lowest BCUT2D eigenvalue weighted by Crippen LogP contribution is -2.24. The fourth-order valence-electron chi connectivity index (χ4n) is 3.32. The monoisotopic (exact) mass is 366 g/mol. The van der Waals surface area contributed by atoms with Gasteiger partial charge in [-0.25, -0.2) is 0 Å². The lowest BCUT2D eigenvalue weighted by atomic mass is 10.1. The molecule has 1 saturated heterocycles. The predicted octanol–water partition coefficient (Wildman–Crippen LogP) is 4.06. The fourth-order valence-corrected chi connectivity index (χ4v) is 4.35. The molecule has 2 aromatic carbocycles.